The van der Waals surface area contributed by atoms with Crippen molar-refractivity contribution in [1.29, 1.82) is 0 Å². The van der Waals surface area contributed by atoms with E-state index in [9.17, 15) is 18.0 Å². The Morgan fingerprint density at radius 1 is 1.20 bits per heavy atom. The molecule has 0 radical (unpaired) electrons. The van der Waals surface area contributed by atoms with E-state index >= 15 is 0 Å². The van der Waals surface area contributed by atoms with E-state index in [2.05, 4.69) is 15.0 Å². The highest BCUT2D eigenvalue weighted by molar-refractivity contribution is 6.33. The molecule has 4 aromatic rings. The lowest BCUT2D eigenvalue weighted by Gasteiger charge is -2.31. The SMILES string of the molecule is CCn1cc(C(F)(F)F)nc1-c1ccc([C@H](C)N2C(=O)CCn3nc(-c4c(OC)ncnc4C4CC4)nc32)cc1Cl. The molecule has 1 fully saturated rings. The first kappa shape index (κ1) is 27.2. The third kappa shape index (κ3) is 4.81. The molecular weight excluding hydrogens is 561 g/mol. The average Bonchev–Trinajstić information content (AvgIpc) is 3.55. The maximum absolute atomic E-state index is 13.3. The fourth-order valence-corrected chi connectivity index (χ4v) is 5.41. The van der Waals surface area contributed by atoms with Crippen LogP contribution in [0.15, 0.2) is 30.7 Å². The lowest BCUT2D eigenvalue weighted by molar-refractivity contribution is -0.140. The normalized spacial score (nSPS) is 16.2. The number of aromatic nitrogens is 7. The first-order valence-corrected chi connectivity index (χ1v) is 13.6. The molecule has 1 saturated carbocycles. The van der Waals surface area contributed by atoms with Crippen LogP contribution in [0.5, 0.6) is 5.88 Å². The van der Waals surface area contributed by atoms with Crippen molar-refractivity contribution in [2.24, 2.45) is 0 Å². The number of amides is 1. The minimum absolute atomic E-state index is 0.118. The topological polar surface area (TPSA) is 104 Å². The van der Waals surface area contributed by atoms with Crippen LogP contribution in [0.25, 0.3) is 22.8 Å². The monoisotopic (exact) mass is 586 g/mol. The van der Waals surface area contributed by atoms with Gasteiger partial charge in [-0.2, -0.15) is 18.2 Å². The second-order valence-electron chi connectivity index (χ2n) is 10.0. The molecule has 2 aliphatic rings. The highest BCUT2D eigenvalue weighted by Crippen LogP contribution is 2.45. The number of alkyl halides is 3. The predicted octanol–water partition coefficient (Wildman–Crippen LogP) is 5.67. The summed E-state index contributed by atoms with van der Waals surface area (Å²) in [7, 11) is 1.53. The summed E-state index contributed by atoms with van der Waals surface area (Å²) in [4.78, 5) is 32.1. The number of benzene rings is 1. The third-order valence-electron chi connectivity index (χ3n) is 7.41. The van der Waals surface area contributed by atoms with Crippen LogP contribution in [0.1, 0.15) is 62.0 Å². The number of rotatable bonds is 7. The second kappa shape index (κ2) is 10.1. The van der Waals surface area contributed by atoms with E-state index in [1.807, 2.05) is 6.92 Å². The van der Waals surface area contributed by atoms with Crippen LogP contribution in [0.2, 0.25) is 5.02 Å². The molecule has 1 aliphatic carbocycles. The Bertz CT molecular complexity index is 1650. The number of nitrogens with zero attached hydrogens (tertiary/aromatic N) is 8. The van der Waals surface area contributed by atoms with Crippen LogP contribution in [-0.2, 0) is 24.1 Å². The largest absolute Gasteiger partial charge is 0.480 e. The van der Waals surface area contributed by atoms with Crippen LogP contribution < -0.4 is 9.64 Å². The lowest BCUT2D eigenvalue weighted by atomic mass is 10.0. The van der Waals surface area contributed by atoms with Gasteiger partial charge in [0.1, 0.15) is 17.7 Å². The van der Waals surface area contributed by atoms with Gasteiger partial charge < -0.3 is 9.30 Å². The summed E-state index contributed by atoms with van der Waals surface area (Å²) in [5.41, 5.74) is 1.50. The van der Waals surface area contributed by atoms with Gasteiger partial charge in [0, 0.05) is 30.6 Å². The summed E-state index contributed by atoms with van der Waals surface area (Å²) in [6, 6.07) is 4.50. The van der Waals surface area contributed by atoms with Gasteiger partial charge in [-0.05, 0) is 44.4 Å². The van der Waals surface area contributed by atoms with Crippen LogP contribution in [0, 0.1) is 0 Å². The fraction of sp³-hybridized carbons (Fsp3) is 0.407. The van der Waals surface area contributed by atoms with Crippen LogP contribution in [0.4, 0.5) is 19.1 Å². The molecule has 4 heterocycles. The summed E-state index contributed by atoms with van der Waals surface area (Å²) in [6.07, 6.45) is 0.103. The van der Waals surface area contributed by atoms with Gasteiger partial charge in [0.05, 0.1) is 30.4 Å². The Morgan fingerprint density at radius 2 is 1.98 bits per heavy atom. The zero-order valence-corrected chi connectivity index (χ0v) is 23.2. The van der Waals surface area contributed by atoms with Crippen molar-refractivity contribution in [2.45, 2.75) is 64.3 Å². The van der Waals surface area contributed by atoms with E-state index in [1.54, 1.807) is 34.7 Å². The summed E-state index contributed by atoms with van der Waals surface area (Å²) in [6.45, 7) is 4.21. The van der Waals surface area contributed by atoms with Crippen molar-refractivity contribution in [3.63, 3.8) is 0 Å². The summed E-state index contributed by atoms with van der Waals surface area (Å²) in [5.74, 6) is 1.39. The molecule has 3 aromatic heterocycles. The highest BCUT2D eigenvalue weighted by atomic mass is 35.5. The first-order valence-electron chi connectivity index (χ1n) is 13.2. The Morgan fingerprint density at radius 3 is 2.63 bits per heavy atom. The number of halogens is 4. The molecule has 1 aliphatic heterocycles. The predicted molar refractivity (Wildman–Crippen MR) is 143 cm³/mol. The van der Waals surface area contributed by atoms with Crippen LogP contribution in [-0.4, -0.2) is 47.3 Å². The molecule has 41 heavy (non-hydrogen) atoms. The van der Waals surface area contributed by atoms with Crippen molar-refractivity contribution in [2.75, 3.05) is 12.0 Å². The Kier molecular flexibility index (Phi) is 6.71. The van der Waals surface area contributed by atoms with Crippen molar-refractivity contribution in [1.82, 2.24) is 34.3 Å². The zero-order chi connectivity index (χ0) is 29.1. The van der Waals surface area contributed by atoms with Gasteiger partial charge >= 0.3 is 6.18 Å². The number of ether oxygens (including phenoxy) is 1. The number of carbonyl (C=O) groups is 1. The molecule has 10 nitrogen and oxygen atoms in total. The minimum atomic E-state index is -4.57. The third-order valence-corrected chi connectivity index (χ3v) is 7.72. The van der Waals surface area contributed by atoms with Crippen molar-refractivity contribution < 1.29 is 22.7 Å². The lowest BCUT2D eigenvalue weighted by Crippen LogP contribution is -2.39. The molecular formula is C27H26ClF3N8O2. The molecule has 1 aromatic carbocycles. The number of anilines is 1. The Labute approximate surface area is 238 Å². The van der Waals surface area contributed by atoms with Crippen molar-refractivity contribution in [3.8, 4) is 28.7 Å². The highest BCUT2D eigenvalue weighted by Gasteiger charge is 2.37. The number of imidazole rings is 1. The van der Waals surface area contributed by atoms with Crippen molar-refractivity contribution >= 4 is 23.5 Å². The van der Waals surface area contributed by atoms with E-state index in [4.69, 9.17) is 26.4 Å². The smallest absolute Gasteiger partial charge is 0.434 e. The molecule has 1 atom stereocenters. The quantitative estimate of drug-likeness (QED) is 0.275. The van der Waals surface area contributed by atoms with Crippen LogP contribution >= 0.6 is 11.6 Å². The van der Waals surface area contributed by atoms with Gasteiger partial charge in [0.15, 0.2) is 11.5 Å². The zero-order valence-electron chi connectivity index (χ0n) is 22.5. The minimum Gasteiger partial charge on any atom is -0.480 e. The molecule has 0 spiro atoms. The average molecular weight is 587 g/mol. The van der Waals surface area contributed by atoms with E-state index in [0.29, 0.717) is 40.9 Å². The van der Waals surface area contributed by atoms with Gasteiger partial charge in [-0.3, -0.25) is 9.69 Å². The molecule has 0 N–H and O–H groups in total. The van der Waals surface area contributed by atoms with Gasteiger partial charge in [-0.25, -0.2) is 19.6 Å². The maximum Gasteiger partial charge on any atom is 0.434 e. The molecule has 214 valence electrons. The number of fused-ring (bicyclic) bond motifs is 1. The number of hydrogen-bond donors (Lipinski definition) is 0. The van der Waals surface area contributed by atoms with Crippen LogP contribution in [0.3, 0.4) is 0 Å². The van der Waals surface area contributed by atoms with Gasteiger partial charge in [-0.15, -0.1) is 5.10 Å². The summed E-state index contributed by atoms with van der Waals surface area (Å²) < 4.78 is 48.5. The molecule has 14 heteroatoms. The van der Waals surface area contributed by atoms with Crippen molar-refractivity contribution in [3.05, 3.63) is 52.7 Å². The Balaban J connectivity index is 1.36. The molecule has 0 bridgehead atoms. The number of carbonyl (C=O) groups excluding carboxylic acids is 1. The molecule has 6 rings (SSSR count). The molecule has 1 amide bonds. The van der Waals surface area contributed by atoms with Gasteiger partial charge in [0.2, 0.25) is 17.7 Å². The number of methoxy groups -OCH3 is 1. The second-order valence-corrected chi connectivity index (χ2v) is 10.4. The van der Waals surface area contributed by atoms with Gasteiger partial charge in [-0.1, -0.05) is 17.7 Å². The molecule has 0 saturated heterocycles. The van der Waals surface area contributed by atoms with E-state index < -0.39 is 17.9 Å². The standard InChI is InChI=1S/C27H26ClF3N8O2/c1-4-37-12-19(27(29,30)31)34-24(37)17-8-7-16(11-18(17)28)14(2)39-20(40)9-10-38-26(39)35-23(36-38)21-22(15-5-6-15)32-13-33-25(21)41-3/h7-8,11-15H,4-6,9-10H2,1-3H3/t14-/m0/s1. The maximum atomic E-state index is 13.3. The van der Waals surface area contributed by atoms with Gasteiger partial charge in [0.25, 0.3) is 0 Å². The Hall–Kier alpha value is -4.00. The fourth-order valence-electron chi connectivity index (χ4n) is 5.13. The number of aryl methyl sites for hydroxylation is 2. The molecule has 0 unspecified atom stereocenters. The van der Waals surface area contributed by atoms with E-state index in [-0.39, 0.29) is 35.6 Å². The van der Waals surface area contributed by atoms with E-state index in [1.165, 1.54) is 18.0 Å². The summed E-state index contributed by atoms with van der Waals surface area (Å²) >= 11 is 6.61. The van der Waals surface area contributed by atoms with E-state index in [0.717, 1.165) is 24.7 Å². The first-order chi connectivity index (χ1) is 19.6. The number of hydrogen-bond acceptors (Lipinski definition) is 7. The summed E-state index contributed by atoms with van der Waals surface area (Å²) in [5, 5.41) is 4.91.